The third-order valence-corrected chi connectivity index (χ3v) is 4.49. The van der Waals surface area contributed by atoms with Crippen molar-refractivity contribution in [2.45, 2.75) is 0 Å². The van der Waals surface area contributed by atoms with Gasteiger partial charge in [-0.1, -0.05) is 35.5 Å². The van der Waals surface area contributed by atoms with Gasteiger partial charge in [0, 0.05) is 11.3 Å². The summed E-state index contributed by atoms with van der Waals surface area (Å²) in [6.07, 6.45) is 0. The van der Waals surface area contributed by atoms with E-state index in [0.717, 1.165) is 5.56 Å². The summed E-state index contributed by atoms with van der Waals surface area (Å²) in [4.78, 5) is 17.1. The van der Waals surface area contributed by atoms with Crippen LogP contribution >= 0.6 is 0 Å². The molecule has 0 bridgehead atoms. The highest BCUT2D eigenvalue weighted by Gasteiger charge is 2.16. The Labute approximate surface area is 173 Å². The molecule has 0 atom stereocenters. The van der Waals surface area contributed by atoms with Crippen LogP contribution < -0.4 is 14.8 Å². The molecule has 0 radical (unpaired) electrons. The molecule has 1 heterocycles. The number of nitrogens with zero attached hydrogens (tertiary/aromatic N) is 2. The second-order valence-corrected chi connectivity index (χ2v) is 6.36. The maximum absolute atomic E-state index is 12.6. The van der Waals surface area contributed by atoms with Crippen LogP contribution in [-0.4, -0.2) is 30.3 Å². The number of carbonyl (C=O) groups excluding carboxylic acids is 1. The summed E-state index contributed by atoms with van der Waals surface area (Å²) < 4.78 is 16.1. The van der Waals surface area contributed by atoms with Gasteiger partial charge in [0.15, 0.2) is 0 Å². The Balaban J connectivity index is 1.59. The second kappa shape index (κ2) is 8.48. The fourth-order valence-corrected chi connectivity index (χ4v) is 3.04. The lowest BCUT2D eigenvalue weighted by Gasteiger charge is -2.09. The minimum absolute atomic E-state index is 0.273. The average Bonchev–Trinajstić information content (AvgIpc) is 3.29. The molecular weight excluding hydrogens is 382 g/mol. The number of methoxy groups -OCH3 is 2. The van der Waals surface area contributed by atoms with Gasteiger partial charge in [-0.25, -0.2) is 0 Å². The maximum Gasteiger partial charge on any atom is 0.259 e. The number of ether oxygens (including phenoxy) is 2. The zero-order valence-electron chi connectivity index (χ0n) is 16.5. The Morgan fingerprint density at radius 2 is 1.63 bits per heavy atom. The van der Waals surface area contributed by atoms with E-state index in [1.165, 1.54) is 7.11 Å². The van der Waals surface area contributed by atoms with Crippen molar-refractivity contribution in [3.8, 4) is 34.3 Å². The Kier molecular flexibility index (Phi) is 5.43. The molecule has 4 rings (SSSR count). The first-order valence-corrected chi connectivity index (χ1v) is 9.21. The Morgan fingerprint density at radius 3 is 2.43 bits per heavy atom. The first-order valence-electron chi connectivity index (χ1n) is 9.21. The van der Waals surface area contributed by atoms with Gasteiger partial charge >= 0.3 is 0 Å². The molecule has 30 heavy (non-hydrogen) atoms. The van der Waals surface area contributed by atoms with Crippen molar-refractivity contribution in [1.82, 2.24) is 10.1 Å². The standard InChI is InChI=1S/C23H19N3O4/c1-28-19-12-5-3-10-17(19)21-25-23(30-26-21)15-8-7-9-16(14-15)24-22(27)18-11-4-6-13-20(18)29-2/h3-14H,1-2H3,(H,24,27). The fourth-order valence-electron chi connectivity index (χ4n) is 3.04. The number of nitrogens with one attached hydrogen (secondary N) is 1. The van der Waals surface area contributed by atoms with Gasteiger partial charge in [0.1, 0.15) is 11.5 Å². The zero-order valence-corrected chi connectivity index (χ0v) is 16.5. The highest BCUT2D eigenvalue weighted by Crippen LogP contribution is 2.30. The predicted molar refractivity (Wildman–Crippen MR) is 113 cm³/mol. The van der Waals surface area contributed by atoms with Crippen molar-refractivity contribution in [3.05, 3.63) is 78.4 Å². The zero-order chi connectivity index (χ0) is 20.9. The lowest BCUT2D eigenvalue weighted by molar-refractivity contribution is 0.102. The number of rotatable bonds is 6. The van der Waals surface area contributed by atoms with Gasteiger partial charge in [0.05, 0.1) is 25.3 Å². The summed E-state index contributed by atoms with van der Waals surface area (Å²) in [7, 11) is 3.12. The van der Waals surface area contributed by atoms with E-state index >= 15 is 0 Å². The normalized spacial score (nSPS) is 10.5. The molecule has 0 fully saturated rings. The van der Waals surface area contributed by atoms with Gasteiger partial charge in [0.2, 0.25) is 5.82 Å². The number of amides is 1. The molecule has 7 nitrogen and oxygen atoms in total. The summed E-state index contributed by atoms with van der Waals surface area (Å²) in [5.74, 6) is 1.65. The summed E-state index contributed by atoms with van der Waals surface area (Å²) in [6, 6.07) is 21.7. The number of benzene rings is 3. The van der Waals surface area contributed by atoms with E-state index in [1.54, 1.807) is 43.5 Å². The number of aromatic nitrogens is 2. The van der Waals surface area contributed by atoms with Crippen molar-refractivity contribution in [2.24, 2.45) is 0 Å². The largest absolute Gasteiger partial charge is 0.496 e. The van der Waals surface area contributed by atoms with Crippen molar-refractivity contribution in [1.29, 1.82) is 0 Å². The lowest BCUT2D eigenvalue weighted by atomic mass is 10.1. The molecule has 0 aliphatic rings. The van der Waals surface area contributed by atoms with Crippen LogP contribution in [0.4, 0.5) is 5.69 Å². The molecule has 0 saturated heterocycles. The Hall–Kier alpha value is -4.13. The molecule has 0 spiro atoms. The fraction of sp³-hybridized carbons (Fsp3) is 0.0870. The molecule has 4 aromatic rings. The van der Waals surface area contributed by atoms with Crippen LogP contribution in [0.1, 0.15) is 10.4 Å². The van der Waals surface area contributed by atoms with Crippen LogP contribution in [0.25, 0.3) is 22.8 Å². The van der Waals surface area contributed by atoms with E-state index < -0.39 is 0 Å². The van der Waals surface area contributed by atoms with E-state index in [2.05, 4.69) is 15.5 Å². The third kappa shape index (κ3) is 3.86. The Bertz CT molecular complexity index is 1190. The molecule has 0 unspecified atom stereocenters. The first-order chi connectivity index (χ1) is 14.7. The van der Waals surface area contributed by atoms with Crippen LogP contribution in [0.5, 0.6) is 11.5 Å². The maximum atomic E-state index is 12.6. The average molecular weight is 401 g/mol. The smallest absolute Gasteiger partial charge is 0.259 e. The van der Waals surface area contributed by atoms with Crippen LogP contribution in [-0.2, 0) is 0 Å². The first kappa shape index (κ1) is 19.2. The third-order valence-electron chi connectivity index (χ3n) is 4.49. The molecule has 7 heteroatoms. The van der Waals surface area contributed by atoms with Gasteiger partial charge in [0.25, 0.3) is 11.8 Å². The van der Waals surface area contributed by atoms with Gasteiger partial charge in [-0.05, 0) is 42.5 Å². The highest BCUT2D eigenvalue weighted by molar-refractivity contribution is 6.06. The van der Waals surface area contributed by atoms with Crippen LogP contribution in [0.2, 0.25) is 0 Å². The van der Waals surface area contributed by atoms with Crippen LogP contribution in [0.15, 0.2) is 77.3 Å². The van der Waals surface area contributed by atoms with E-state index in [-0.39, 0.29) is 5.91 Å². The lowest BCUT2D eigenvalue weighted by Crippen LogP contribution is -2.13. The second-order valence-electron chi connectivity index (χ2n) is 6.36. The summed E-state index contributed by atoms with van der Waals surface area (Å²) in [6.45, 7) is 0. The molecule has 1 aromatic heterocycles. The monoisotopic (exact) mass is 401 g/mol. The van der Waals surface area contributed by atoms with Crippen LogP contribution in [0, 0.1) is 0 Å². The van der Waals surface area contributed by atoms with Gasteiger partial charge < -0.3 is 19.3 Å². The van der Waals surface area contributed by atoms with Gasteiger partial charge in [-0.2, -0.15) is 4.98 Å². The van der Waals surface area contributed by atoms with E-state index in [9.17, 15) is 4.79 Å². The summed E-state index contributed by atoms with van der Waals surface area (Å²) >= 11 is 0. The number of hydrogen-bond acceptors (Lipinski definition) is 6. The van der Waals surface area contributed by atoms with E-state index in [0.29, 0.717) is 40.0 Å². The van der Waals surface area contributed by atoms with Crippen molar-refractivity contribution < 1.29 is 18.8 Å². The molecule has 0 aliphatic heterocycles. The highest BCUT2D eigenvalue weighted by atomic mass is 16.5. The minimum atomic E-state index is -0.273. The van der Waals surface area contributed by atoms with Crippen molar-refractivity contribution >= 4 is 11.6 Å². The topological polar surface area (TPSA) is 86.5 Å². The number of hydrogen-bond donors (Lipinski definition) is 1. The number of carbonyl (C=O) groups is 1. The number of para-hydroxylation sites is 2. The predicted octanol–water partition coefficient (Wildman–Crippen LogP) is 4.67. The van der Waals surface area contributed by atoms with Crippen LogP contribution in [0.3, 0.4) is 0 Å². The molecule has 0 aliphatic carbocycles. The molecule has 3 aromatic carbocycles. The summed E-state index contributed by atoms with van der Waals surface area (Å²) in [5, 5.41) is 6.93. The molecule has 150 valence electrons. The Morgan fingerprint density at radius 1 is 0.900 bits per heavy atom. The molecule has 1 N–H and O–H groups in total. The van der Waals surface area contributed by atoms with E-state index in [4.69, 9.17) is 14.0 Å². The minimum Gasteiger partial charge on any atom is -0.496 e. The van der Waals surface area contributed by atoms with Gasteiger partial charge in [-0.3, -0.25) is 4.79 Å². The van der Waals surface area contributed by atoms with E-state index in [1.807, 2.05) is 36.4 Å². The van der Waals surface area contributed by atoms with Crippen molar-refractivity contribution in [2.75, 3.05) is 19.5 Å². The molecular formula is C23H19N3O4. The SMILES string of the molecule is COc1ccccc1C(=O)Nc1cccc(-c2nc(-c3ccccc3OC)no2)c1. The molecule has 0 saturated carbocycles. The van der Waals surface area contributed by atoms with Crippen molar-refractivity contribution in [3.63, 3.8) is 0 Å². The number of anilines is 1. The quantitative estimate of drug-likeness (QED) is 0.505. The molecule has 1 amide bonds. The summed E-state index contributed by atoms with van der Waals surface area (Å²) in [5.41, 5.74) is 2.46. The van der Waals surface area contributed by atoms with Gasteiger partial charge in [-0.15, -0.1) is 0 Å².